The third-order valence-electron chi connectivity index (χ3n) is 3.77. The minimum absolute atomic E-state index is 0.0981. The fourth-order valence-corrected chi connectivity index (χ4v) is 2.77. The number of aromatic nitrogens is 2. The van der Waals surface area contributed by atoms with E-state index in [4.69, 9.17) is 0 Å². The van der Waals surface area contributed by atoms with Crippen molar-refractivity contribution in [1.29, 1.82) is 0 Å². The molecule has 124 valence electrons. The lowest BCUT2D eigenvalue weighted by Crippen LogP contribution is -2.37. The van der Waals surface area contributed by atoms with Gasteiger partial charge in [-0.1, -0.05) is 13.8 Å². The predicted molar refractivity (Wildman–Crippen MR) is 76.2 cm³/mol. The number of hydrogen-bond acceptors (Lipinski definition) is 3. The molecule has 0 radical (unpaired) electrons. The van der Waals surface area contributed by atoms with Gasteiger partial charge in [-0.05, 0) is 13.0 Å². The number of halogens is 3. The number of nitrogens with zero attached hydrogens (tertiary/aromatic N) is 3. The first-order valence-electron chi connectivity index (χ1n) is 7.25. The number of hydrogen-bond donors (Lipinski definition) is 1. The van der Waals surface area contributed by atoms with E-state index in [1.165, 1.54) is 11.1 Å². The molecular formula is C14H21F3N4O. The van der Waals surface area contributed by atoms with Gasteiger partial charge in [0.15, 0.2) is 0 Å². The van der Waals surface area contributed by atoms with Gasteiger partial charge in [-0.2, -0.15) is 13.2 Å². The predicted octanol–water partition coefficient (Wildman–Crippen LogP) is 2.22. The Kier molecular flexibility index (Phi) is 4.79. The normalized spacial score (nSPS) is 23.2. The van der Waals surface area contributed by atoms with Crippen LogP contribution in [0.5, 0.6) is 0 Å². The van der Waals surface area contributed by atoms with E-state index in [1.54, 1.807) is 17.8 Å². The van der Waals surface area contributed by atoms with Crippen molar-refractivity contribution in [3.8, 4) is 0 Å². The van der Waals surface area contributed by atoms with E-state index in [0.717, 1.165) is 0 Å². The molecule has 22 heavy (non-hydrogen) atoms. The molecule has 1 N–H and O–H groups in total. The number of likely N-dealkylation sites (tertiary alicyclic amines) is 1. The van der Waals surface area contributed by atoms with Crippen LogP contribution in [-0.4, -0.2) is 46.7 Å². The number of alkyl halides is 3. The van der Waals surface area contributed by atoms with Crippen molar-refractivity contribution in [3.63, 3.8) is 0 Å². The number of anilines is 1. The molecule has 5 nitrogen and oxygen atoms in total. The molecule has 2 atom stereocenters. The molecule has 1 saturated heterocycles. The minimum Gasteiger partial charge on any atom is -0.317 e. The van der Waals surface area contributed by atoms with Gasteiger partial charge in [0.25, 0.3) is 0 Å². The van der Waals surface area contributed by atoms with Gasteiger partial charge in [0.1, 0.15) is 0 Å². The highest BCUT2D eigenvalue weighted by Crippen LogP contribution is 2.37. The van der Waals surface area contributed by atoms with E-state index >= 15 is 0 Å². The Balaban J connectivity index is 2.10. The molecule has 0 aromatic carbocycles. The first-order valence-corrected chi connectivity index (χ1v) is 7.25. The summed E-state index contributed by atoms with van der Waals surface area (Å²) in [6, 6.07) is 0. The third kappa shape index (κ3) is 3.79. The molecule has 0 unspecified atom stereocenters. The molecule has 2 heterocycles. The first-order chi connectivity index (χ1) is 10.2. The van der Waals surface area contributed by atoms with Crippen LogP contribution in [0.1, 0.15) is 13.8 Å². The topological polar surface area (TPSA) is 50.2 Å². The summed E-state index contributed by atoms with van der Waals surface area (Å²) in [5.74, 6) is -2.72. The summed E-state index contributed by atoms with van der Waals surface area (Å²) in [6.07, 6.45) is -1.14. The van der Waals surface area contributed by atoms with Crippen LogP contribution in [0, 0.1) is 17.8 Å². The second-order valence-electron chi connectivity index (χ2n) is 6.26. The SMILES string of the molecule is CC(C)Cn1ccnc1NC(=O)[C@@H]1CN(C)C[C@H]1C(F)(F)F. The summed E-state index contributed by atoms with van der Waals surface area (Å²) in [7, 11) is 1.59. The first kappa shape index (κ1) is 16.8. The maximum atomic E-state index is 13.0. The van der Waals surface area contributed by atoms with Crippen LogP contribution in [0.2, 0.25) is 0 Å². The van der Waals surface area contributed by atoms with Gasteiger partial charge in [-0.15, -0.1) is 0 Å². The fraction of sp³-hybridized carbons (Fsp3) is 0.714. The van der Waals surface area contributed by atoms with E-state index in [2.05, 4.69) is 10.3 Å². The molecule has 0 spiro atoms. The van der Waals surface area contributed by atoms with Crippen molar-refractivity contribution >= 4 is 11.9 Å². The number of imidazole rings is 1. The molecule has 1 aliphatic heterocycles. The lowest BCUT2D eigenvalue weighted by molar-refractivity contribution is -0.182. The highest BCUT2D eigenvalue weighted by molar-refractivity contribution is 5.91. The van der Waals surface area contributed by atoms with Crippen molar-refractivity contribution < 1.29 is 18.0 Å². The van der Waals surface area contributed by atoms with Crippen LogP contribution in [-0.2, 0) is 11.3 Å². The molecule has 1 aliphatic rings. The highest BCUT2D eigenvalue weighted by atomic mass is 19.4. The summed E-state index contributed by atoms with van der Waals surface area (Å²) in [5, 5.41) is 2.55. The van der Waals surface area contributed by atoms with Crippen LogP contribution < -0.4 is 5.32 Å². The molecule has 1 amide bonds. The second-order valence-corrected chi connectivity index (χ2v) is 6.26. The van der Waals surface area contributed by atoms with Gasteiger partial charge in [-0.3, -0.25) is 10.1 Å². The Morgan fingerprint density at radius 3 is 2.73 bits per heavy atom. The van der Waals surface area contributed by atoms with Gasteiger partial charge >= 0.3 is 6.18 Å². The Morgan fingerprint density at radius 2 is 2.14 bits per heavy atom. The van der Waals surface area contributed by atoms with Crippen LogP contribution >= 0.6 is 0 Å². The lowest BCUT2D eigenvalue weighted by atomic mass is 9.95. The highest BCUT2D eigenvalue weighted by Gasteiger charge is 2.51. The molecule has 1 aromatic heterocycles. The third-order valence-corrected chi connectivity index (χ3v) is 3.77. The zero-order chi connectivity index (χ0) is 16.5. The maximum absolute atomic E-state index is 13.0. The van der Waals surface area contributed by atoms with E-state index in [-0.39, 0.29) is 13.1 Å². The summed E-state index contributed by atoms with van der Waals surface area (Å²) >= 11 is 0. The zero-order valence-electron chi connectivity index (χ0n) is 12.9. The largest absolute Gasteiger partial charge is 0.393 e. The molecule has 0 bridgehead atoms. The summed E-state index contributed by atoms with van der Waals surface area (Å²) in [4.78, 5) is 17.8. The van der Waals surface area contributed by atoms with Crippen LogP contribution in [0.25, 0.3) is 0 Å². The Labute approximate surface area is 127 Å². The Hall–Kier alpha value is -1.57. The van der Waals surface area contributed by atoms with Gasteiger partial charge in [-0.25, -0.2) is 4.98 Å². The van der Waals surface area contributed by atoms with Crippen molar-refractivity contribution in [3.05, 3.63) is 12.4 Å². The molecule has 0 saturated carbocycles. The van der Waals surface area contributed by atoms with E-state index in [0.29, 0.717) is 18.4 Å². The van der Waals surface area contributed by atoms with Gasteiger partial charge in [0.05, 0.1) is 11.8 Å². The molecular weight excluding hydrogens is 297 g/mol. The van der Waals surface area contributed by atoms with E-state index in [1.807, 2.05) is 13.8 Å². The summed E-state index contributed by atoms with van der Waals surface area (Å²) in [5.41, 5.74) is 0. The van der Waals surface area contributed by atoms with Crippen molar-refractivity contribution in [1.82, 2.24) is 14.5 Å². The smallest absolute Gasteiger partial charge is 0.317 e. The molecule has 0 aliphatic carbocycles. The van der Waals surface area contributed by atoms with Crippen molar-refractivity contribution in [2.45, 2.75) is 26.6 Å². The number of nitrogens with one attached hydrogen (secondary N) is 1. The van der Waals surface area contributed by atoms with Gasteiger partial charge in [0, 0.05) is 32.0 Å². The minimum atomic E-state index is -4.37. The van der Waals surface area contributed by atoms with Gasteiger partial charge < -0.3 is 9.47 Å². The fourth-order valence-electron chi connectivity index (χ4n) is 2.77. The van der Waals surface area contributed by atoms with E-state index in [9.17, 15) is 18.0 Å². The van der Waals surface area contributed by atoms with Crippen molar-refractivity contribution in [2.24, 2.45) is 17.8 Å². The standard InChI is InChI=1S/C14H21F3N4O/c1-9(2)6-21-5-4-18-13(21)19-12(22)10-7-20(3)8-11(10)14(15,16)17/h4-5,9-11H,6-8H2,1-3H3,(H,18,19,22)/t10-,11-/m1/s1. The number of rotatable bonds is 4. The van der Waals surface area contributed by atoms with Crippen LogP contribution in [0.4, 0.5) is 19.1 Å². The lowest BCUT2D eigenvalue weighted by Gasteiger charge is -2.20. The van der Waals surface area contributed by atoms with Crippen LogP contribution in [0.15, 0.2) is 12.4 Å². The zero-order valence-corrected chi connectivity index (χ0v) is 12.9. The second kappa shape index (κ2) is 6.28. The molecule has 2 rings (SSSR count). The summed E-state index contributed by atoms with van der Waals surface area (Å²) in [6.45, 7) is 4.61. The van der Waals surface area contributed by atoms with Crippen LogP contribution in [0.3, 0.4) is 0 Å². The van der Waals surface area contributed by atoms with E-state index < -0.39 is 23.9 Å². The monoisotopic (exact) mass is 318 g/mol. The number of amides is 1. The molecule has 1 aromatic rings. The maximum Gasteiger partial charge on any atom is 0.393 e. The molecule has 8 heteroatoms. The average Bonchev–Trinajstić information content (AvgIpc) is 2.95. The van der Waals surface area contributed by atoms with Crippen molar-refractivity contribution in [2.75, 3.05) is 25.5 Å². The quantitative estimate of drug-likeness (QED) is 0.926. The number of carbonyl (C=O) groups excluding carboxylic acids is 1. The molecule has 1 fully saturated rings. The summed E-state index contributed by atoms with van der Waals surface area (Å²) < 4.78 is 40.9. The van der Waals surface area contributed by atoms with Gasteiger partial charge in [0.2, 0.25) is 11.9 Å². The average molecular weight is 318 g/mol. The number of carbonyl (C=O) groups is 1. The Bertz CT molecular complexity index is 526. The Morgan fingerprint density at radius 1 is 1.45 bits per heavy atom.